The van der Waals surface area contributed by atoms with E-state index in [-0.39, 0.29) is 41.5 Å². The molecule has 0 aromatic heterocycles. The smallest absolute Gasteiger partial charge is 1.00 e. The summed E-state index contributed by atoms with van der Waals surface area (Å²) in [5, 5.41) is 0. The van der Waals surface area contributed by atoms with Gasteiger partial charge in [0.2, 0.25) is 0 Å². The summed E-state index contributed by atoms with van der Waals surface area (Å²) in [6.07, 6.45) is 12.8. The van der Waals surface area contributed by atoms with Gasteiger partial charge in [-0.1, -0.05) is 97.8 Å². The Bertz CT molecular complexity index is 1680. The minimum absolute atomic E-state index is 0. The zero-order valence-electron chi connectivity index (χ0n) is 28.8. The van der Waals surface area contributed by atoms with Gasteiger partial charge in [0.05, 0.1) is 0 Å². The van der Waals surface area contributed by atoms with Crippen molar-refractivity contribution in [1.82, 2.24) is 0 Å². The van der Waals surface area contributed by atoms with Crippen LogP contribution in [0.25, 0.3) is 22.3 Å². The predicted octanol–water partition coefficient (Wildman–Crippen LogP) is 4.95. The molecule has 7 rings (SSSR count). The molecule has 4 aliphatic carbocycles. The fraction of sp³-hybridized carbons (Fsp3) is 0.357. The number of halogens is 3. The summed E-state index contributed by atoms with van der Waals surface area (Å²) in [5.41, 5.74) is 18.5. The number of allylic oxidation sites excluding steroid dienone is 8. The third-order valence-electron chi connectivity index (χ3n) is 9.40. The molecule has 0 saturated heterocycles. The van der Waals surface area contributed by atoms with Crippen molar-refractivity contribution >= 4 is 14.9 Å². The minimum atomic E-state index is -0.170. The molecule has 0 radical (unpaired) electrons. The molecule has 1 unspecified atom stereocenters. The van der Waals surface area contributed by atoms with Crippen LogP contribution in [0.3, 0.4) is 0 Å². The second-order valence-electron chi connectivity index (χ2n) is 14.2. The summed E-state index contributed by atoms with van der Waals surface area (Å²) in [6.45, 7) is 22.5. The normalized spacial score (nSPS) is 18.4. The maximum atomic E-state index is 12.2. The first kappa shape index (κ1) is 38.3. The summed E-state index contributed by atoms with van der Waals surface area (Å²) in [5.74, 6) is 1.03. The average Bonchev–Trinajstić information content (AvgIpc) is 3.62. The predicted molar refractivity (Wildman–Crippen MR) is 183 cm³/mol. The topological polar surface area (TPSA) is 0 Å². The molecule has 0 bridgehead atoms. The van der Waals surface area contributed by atoms with E-state index < -0.39 is 0 Å². The minimum Gasteiger partial charge on any atom is -1.00 e. The molecule has 0 spiro atoms. The van der Waals surface area contributed by atoms with E-state index in [4.69, 9.17) is 0 Å². The monoisotopic (exact) mass is 728 g/mol. The Hall–Kier alpha value is -2.12. The van der Waals surface area contributed by atoms with Gasteiger partial charge in [0.15, 0.2) is 0 Å². The van der Waals surface area contributed by atoms with E-state index in [1.165, 1.54) is 103 Å². The largest absolute Gasteiger partial charge is 1.00 e. The van der Waals surface area contributed by atoms with Crippen molar-refractivity contribution in [2.45, 2.75) is 86.5 Å². The molecular weight excluding hydrogens is 686 g/mol. The maximum absolute atomic E-state index is 12.2. The Kier molecular flexibility index (Phi) is 12.1. The zero-order chi connectivity index (χ0) is 32.1. The van der Waals surface area contributed by atoms with Gasteiger partial charge < -0.3 is 24.8 Å². The van der Waals surface area contributed by atoms with Gasteiger partial charge in [-0.3, -0.25) is 12.2 Å². The SMILES string of the molecule is CC1=[C-]C(C)(C)c2cc3c(cc21)-c1cc2c(cc1C3)C(C)(C)C=C2C.CC1=[C-]C(C)C=C1C(C)C.Fc1ccc([CH]=[Zr+2])cc1.[Cl-].[Cl-]. The van der Waals surface area contributed by atoms with Gasteiger partial charge in [-0.2, -0.15) is 17.2 Å². The maximum Gasteiger partial charge on any atom is -1.00 e. The van der Waals surface area contributed by atoms with Gasteiger partial charge in [0.1, 0.15) is 0 Å². The van der Waals surface area contributed by atoms with E-state index in [0.29, 0.717) is 11.8 Å². The van der Waals surface area contributed by atoms with Crippen molar-refractivity contribution < 1.29 is 53.4 Å². The molecule has 3 aromatic carbocycles. The molecule has 0 amide bonds. The van der Waals surface area contributed by atoms with Gasteiger partial charge in [-0.15, -0.1) is 11.6 Å². The standard InChI is InChI=1S/C25H25.C10H15.C7H5F.2ClH.Zr/c1-14-12-24(3,4)22-8-16-7-17-9-23-19(15(2)13-25(23,5)6)11-21(17)20(16)10-18(14)22;1-7(2)10-6-8(3)5-9(10)4;1-6-2-4-7(8)5-3-6;;;/h8-12H,7H2,1-6H3;6-8H,1-4H3;1-5H;2*1H;/q2*-1;;;;+2/p-2. The van der Waals surface area contributed by atoms with E-state index in [1.807, 2.05) is 3.71 Å². The molecule has 0 heterocycles. The summed E-state index contributed by atoms with van der Waals surface area (Å²) in [6, 6.07) is 16.3. The average molecular weight is 731 g/mol. The second kappa shape index (κ2) is 14.6. The Morgan fingerprint density at radius 2 is 1.39 bits per heavy atom. The molecule has 1 atom stereocenters. The fourth-order valence-electron chi connectivity index (χ4n) is 7.32. The quantitative estimate of drug-likeness (QED) is 0.257. The fourth-order valence-corrected chi connectivity index (χ4v) is 7.79. The first-order valence-corrected chi connectivity index (χ1v) is 17.3. The van der Waals surface area contributed by atoms with Crippen LogP contribution in [0.4, 0.5) is 4.39 Å². The van der Waals surface area contributed by atoms with Crippen molar-refractivity contribution in [2.75, 3.05) is 0 Å². The van der Waals surface area contributed by atoms with E-state index in [0.717, 1.165) is 12.0 Å². The Balaban J connectivity index is 0.000000228. The molecule has 4 heteroatoms. The van der Waals surface area contributed by atoms with Crippen LogP contribution in [0, 0.1) is 29.8 Å². The van der Waals surface area contributed by atoms with Gasteiger partial charge in [-0.25, -0.2) is 11.1 Å². The molecule has 0 N–H and O–H groups in total. The molecule has 46 heavy (non-hydrogen) atoms. The molecule has 0 saturated carbocycles. The third-order valence-corrected chi connectivity index (χ3v) is 10.2. The number of hydrogen-bond donors (Lipinski definition) is 0. The van der Waals surface area contributed by atoms with Crippen LogP contribution in [-0.4, -0.2) is 3.71 Å². The molecule has 3 aromatic rings. The van der Waals surface area contributed by atoms with E-state index in [1.54, 1.807) is 12.1 Å². The number of hydrogen-bond acceptors (Lipinski definition) is 0. The van der Waals surface area contributed by atoms with Crippen LogP contribution in [-0.2, 0) is 41.5 Å². The molecule has 0 nitrogen and oxygen atoms in total. The van der Waals surface area contributed by atoms with Crippen molar-refractivity contribution in [3.63, 3.8) is 0 Å². The van der Waals surface area contributed by atoms with Gasteiger partial charge in [0.25, 0.3) is 0 Å². The van der Waals surface area contributed by atoms with Crippen molar-refractivity contribution in [1.29, 1.82) is 0 Å². The second-order valence-corrected chi connectivity index (χ2v) is 15.0. The van der Waals surface area contributed by atoms with Gasteiger partial charge in [0, 0.05) is 5.41 Å². The van der Waals surface area contributed by atoms with Crippen LogP contribution >= 0.6 is 0 Å². The number of benzene rings is 3. The van der Waals surface area contributed by atoms with Crippen LogP contribution < -0.4 is 24.8 Å². The van der Waals surface area contributed by atoms with E-state index >= 15 is 0 Å². The molecule has 4 aliphatic rings. The number of rotatable bonds is 2. The van der Waals surface area contributed by atoms with Crippen molar-refractivity contribution in [2.24, 2.45) is 11.8 Å². The Morgan fingerprint density at radius 1 is 0.826 bits per heavy atom. The van der Waals surface area contributed by atoms with Gasteiger partial charge >= 0.3 is 68.0 Å². The van der Waals surface area contributed by atoms with Crippen LogP contribution in [0.15, 0.2) is 71.8 Å². The van der Waals surface area contributed by atoms with Gasteiger partial charge in [-0.05, 0) is 58.4 Å². The molecular formula is C42H45Cl2FZr-2. The molecule has 0 aliphatic heterocycles. The van der Waals surface area contributed by atoms with Crippen molar-refractivity contribution in [3.8, 4) is 11.1 Å². The first-order chi connectivity index (χ1) is 20.6. The summed E-state index contributed by atoms with van der Waals surface area (Å²) >= 11 is 1.34. The van der Waals surface area contributed by atoms with Crippen LogP contribution in [0.2, 0.25) is 0 Å². The van der Waals surface area contributed by atoms with Crippen molar-refractivity contribution in [3.05, 3.63) is 129 Å². The Labute approximate surface area is 304 Å². The third kappa shape index (κ3) is 7.61. The molecule has 0 fully saturated rings. The summed E-state index contributed by atoms with van der Waals surface area (Å²) in [7, 11) is 0. The Morgan fingerprint density at radius 3 is 1.89 bits per heavy atom. The zero-order valence-corrected chi connectivity index (χ0v) is 32.8. The summed E-state index contributed by atoms with van der Waals surface area (Å²) in [4.78, 5) is 0. The van der Waals surface area contributed by atoms with Crippen LogP contribution in [0.1, 0.15) is 108 Å². The van der Waals surface area contributed by atoms with Crippen LogP contribution in [0.5, 0.6) is 0 Å². The number of fused-ring (bicyclic) bond motifs is 5. The van der Waals surface area contributed by atoms with E-state index in [9.17, 15) is 4.39 Å². The first-order valence-electron chi connectivity index (χ1n) is 15.9. The molecule has 240 valence electrons. The summed E-state index contributed by atoms with van der Waals surface area (Å²) < 4.78 is 14.2. The van der Waals surface area contributed by atoms with E-state index in [2.05, 4.69) is 118 Å².